The summed E-state index contributed by atoms with van der Waals surface area (Å²) in [7, 11) is 0. The lowest BCUT2D eigenvalue weighted by atomic mass is 10.2. The molecule has 1 N–H and O–H groups in total. The van der Waals surface area contributed by atoms with E-state index in [-0.39, 0.29) is 22.4 Å². The number of nitro groups is 1. The van der Waals surface area contributed by atoms with Gasteiger partial charge in [-0.25, -0.2) is 0 Å². The first kappa shape index (κ1) is 18.7. The van der Waals surface area contributed by atoms with E-state index >= 15 is 0 Å². The standard InChI is InChI=1S/C18H16ClN3O5/c19-12-6-7-16(15(9-12)22(25)26)27-11-17(23)20-13-3-1-4-14(10-13)21-8-2-5-18(21)24/h1,3-4,6-7,9-10H,2,5,8,11H2,(H,20,23). The van der Waals surface area contributed by atoms with Crippen molar-refractivity contribution < 1.29 is 19.2 Å². The summed E-state index contributed by atoms with van der Waals surface area (Å²) in [6.07, 6.45) is 1.33. The maximum atomic E-state index is 12.1. The summed E-state index contributed by atoms with van der Waals surface area (Å²) in [5.41, 5.74) is 0.904. The molecular weight excluding hydrogens is 374 g/mol. The molecule has 0 aromatic heterocycles. The molecule has 140 valence electrons. The zero-order valence-corrected chi connectivity index (χ0v) is 14.9. The predicted molar refractivity (Wildman–Crippen MR) is 100 cm³/mol. The summed E-state index contributed by atoms with van der Waals surface area (Å²) in [5, 5.41) is 13.9. The summed E-state index contributed by atoms with van der Waals surface area (Å²) in [6.45, 7) is 0.245. The SMILES string of the molecule is O=C(COc1ccc(Cl)cc1[N+](=O)[O-])Nc1cccc(N2CCCC2=O)c1. The van der Waals surface area contributed by atoms with Crippen LogP contribution in [0.4, 0.5) is 17.1 Å². The zero-order valence-electron chi connectivity index (χ0n) is 14.2. The molecule has 0 bridgehead atoms. The molecule has 1 saturated heterocycles. The van der Waals surface area contributed by atoms with E-state index in [1.54, 1.807) is 29.2 Å². The fraction of sp³-hybridized carbons (Fsp3) is 0.222. The van der Waals surface area contributed by atoms with E-state index in [0.29, 0.717) is 24.3 Å². The van der Waals surface area contributed by atoms with Crippen LogP contribution >= 0.6 is 11.6 Å². The lowest BCUT2D eigenvalue weighted by Gasteiger charge is -2.16. The van der Waals surface area contributed by atoms with Crippen molar-refractivity contribution in [3.8, 4) is 5.75 Å². The monoisotopic (exact) mass is 389 g/mol. The third-order valence-electron chi connectivity index (χ3n) is 3.99. The molecule has 1 aliphatic rings. The summed E-state index contributed by atoms with van der Waals surface area (Å²) < 4.78 is 5.26. The van der Waals surface area contributed by atoms with Gasteiger partial charge in [-0.15, -0.1) is 0 Å². The molecule has 1 fully saturated rings. The summed E-state index contributed by atoms with van der Waals surface area (Å²) in [5.74, 6) is -0.475. The van der Waals surface area contributed by atoms with Gasteiger partial charge in [-0.3, -0.25) is 19.7 Å². The molecule has 8 nitrogen and oxygen atoms in total. The average molecular weight is 390 g/mol. The van der Waals surface area contributed by atoms with E-state index < -0.39 is 17.4 Å². The number of halogens is 1. The quantitative estimate of drug-likeness (QED) is 0.602. The second-order valence-electron chi connectivity index (χ2n) is 5.91. The van der Waals surface area contributed by atoms with E-state index in [9.17, 15) is 19.7 Å². The van der Waals surface area contributed by atoms with Gasteiger partial charge in [0.15, 0.2) is 12.4 Å². The Morgan fingerprint density at radius 3 is 2.81 bits per heavy atom. The van der Waals surface area contributed by atoms with Crippen molar-refractivity contribution in [3.63, 3.8) is 0 Å². The number of carbonyl (C=O) groups is 2. The van der Waals surface area contributed by atoms with E-state index in [1.807, 2.05) is 0 Å². The number of nitro benzene ring substituents is 1. The van der Waals surface area contributed by atoms with Crippen LogP contribution in [-0.2, 0) is 9.59 Å². The molecule has 2 amide bonds. The van der Waals surface area contributed by atoms with Crippen LogP contribution in [0, 0.1) is 10.1 Å². The Kier molecular flexibility index (Phi) is 5.56. The van der Waals surface area contributed by atoms with Crippen LogP contribution < -0.4 is 15.0 Å². The van der Waals surface area contributed by atoms with E-state index in [1.165, 1.54) is 12.1 Å². The van der Waals surface area contributed by atoms with E-state index in [2.05, 4.69) is 5.32 Å². The molecule has 0 atom stereocenters. The molecule has 1 heterocycles. The highest BCUT2D eigenvalue weighted by Gasteiger charge is 2.22. The Morgan fingerprint density at radius 2 is 2.11 bits per heavy atom. The van der Waals surface area contributed by atoms with Crippen LogP contribution in [-0.4, -0.2) is 29.9 Å². The molecule has 0 unspecified atom stereocenters. The first-order valence-electron chi connectivity index (χ1n) is 8.21. The molecule has 9 heteroatoms. The predicted octanol–water partition coefficient (Wildman–Crippen LogP) is 3.39. The van der Waals surface area contributed by atoms with Gasteiger partial charge in [0.25, 0.3) is 5.91 Å². The number of anilines is 2. The minimum atomic E-state index is -0.629. The second-order valence-corrected chi connectivity index (χ2v) is 6.34. The van der Waals surface area contributed by atoms with E-state index in [4.69, 9.17) is 16.3 Å². The van der Waals surface area contributed by atoms with Gasteiger partial charge in [0.05, 0.1) is 4.92 Å². The number of nitrogens with zero attached hydrogens (tertiary/aromatic N) is 2. The van der Waals surface area contributed by atoms with Crippen LogP contribution in [0.2, 0.25) is 5.02 Å². The number of benzene rings is 2. The number of hydrogen-bond donors (Lipinski definition) is 1. The van der Waals surface area contributed by atoms with Gasteiger partial charge in [-0.05, 0) is 36.8 Å². The van der Waals surface area contributed by atoms with Crippen molar-refractivity contribution in [3.05, 3.63) is 57.6 Å². The molecule has 0 aliphatic carbocycles. The van der Waals surface area contributed by atoms with Crippen molar-refractivity contribution in [2.45, 2.75) is 12.8 Å². The fourth-order valence-electron chi connectivity index (χ4n) is 2.77. The van der Waals surface area contributed by atoms with Crippen molar-refractivity contribution in [2.75, 3.05) is 23.4 Å². The van der Waals surface area contributed by atoms with Gasteiger partial charge < -0.3 is 15.0 Å². The Labute approximate surface area is 159 Å². The highest BCUT2D eigenvalue weighted by atomic mass is 35.5. The highest BCUT2D eigenvalue weighted by molar-refractivity contribution is 6.30. The third-order valence-corrected chi connectivity index (χ3v) is 4.23. The number of hydrogen-bond acceptors (Lipinski definition) is 5. The van der Waals surface area contributed by atoms with Crippen molar-refractivity contribution in [1.29, 1.82) is 0 Å². The van der Waals surface area contributed by atoms with Crippen LogP contribution in [0.15, 0.2) is 42.5 Å². The molecule has 0 spiro atoms. The summed E-state index contributed by atoms with van der Waals surface area (Å²) in [6, 6.07) is 10.9. The Balaban J connectivity index is 1.63. The van der Waals surface area contributed by atoms with Crippen LogP contribution in [0.3, 0.4) is 0 Å². The highest BCUT2D eigenvalue weighted by Crippen LogP contribution is 2.30. The molecule has 2 aromatic rings. The smallest absolute Gasteiger partial charge is 0.312 e. The maximum absolute atomic E-state index is 12.1. The summed E-state index contributed by atoms with van der Waals surface area (Å²) in [4.78, 5) is 36.0. The minimum Gasteiger partial charge on any atom is -0.477 e. The van der Waals surface area contributed by atoms with Crippen LogP contribution in [0.1, 0.15) is 12.8 Å². The topological polar surface area (TPSA) is 102 Å². The largest absolute Gasteiger partial charge is 0.477 e. The molecule has 0 radical (unpaired) electrons. The first-order chi connectivity index (χ1) is 12.9. The van der Waals surface area contributed by atoms with Crippen molar-refractivity contribution in [1.82, 2.24) is 0 Å². The van der Waals surface area contributed by atoms with E-state index in [0.717, 1.165) is 12.5 Å². The lowest BCUT2D eigenvalue weighted by Crippen LogP contribution is -2.24. The summed E-state index contributed by atoms with van der Waals surface area (Å²) >= 11 is 5.74. The third kappa shape index (κ3) is 4.53. The zero-order chi connectivity index (χ0) is 19.4. The number of rotatable bonds is 6. The molecule has 3 rings (SSSR count). The molecule has 2 aromatic carbocycles. The van der Waals surface area contributed by atoms with Crippen LogP contribution in [0.5, 0.6) is 5.75 Å². The number of carbonyl (C=O) groups excluding carboxylic acids is 2. The number of ether oxygens (including phenoxy) is 1. The Bertz CT molecular complexity index is 902. The molecular formula is C18H16ClN3O5. The van der Waals surface area contributed by atoms with Gasteiger partial charge >= 0.3 is 5.69 Å². The van der Waals surface area contributed by atoms with Gasteiger partial charge in [0.2, 0.25) is 5.91 Å². The number of nitrogens with one attached hydrogen (secondary N) is 1. The maximum Gasteiger partial charge on any atom is 0.312 e. The Hall–Kier alpha value is -3.13. The molecule has 0 saturated carbocycles. The normalized spacial score (nSPS) is 13.5. The molecule has 27 heavy (non-hydrogen) atoms. The minimum absolute atomic E-state index is 0.0454. The van der Waals surface area contributed by atoms with Crippen LogP contribution in [0.25, 0.3) is 0 Å². The Morgan fingerprint density at radius 1 is 1.30 bits per heavy atom. The average Bonchev–Trinajstić information content (AvgIpc) is 3.06. The van der Waals surface area contributed by atoms with Crippen molar-refractivity contribution >= 4 is 40.5 Å². The van der Waals surface area contributed by atoms with Gasteiger partial charge in [0, 0.05) is 35.4 Å². The fourth-order valence-corrected chi connectivity index (χ4v) is 2.93. The van der Waals surface area contributed by atoms with Gasteiger partial charge in [-0.2, -0.15) is 0 Å². The number of amides is 2. The second kappa shape index (κ2) is 8.05. The lowest BCUT2D eigenvalue weighted by molar-refractivity contribution is -0.385. The van der Waals surface area contributed by atoms with Gasteiger partial charge in [0.1, 0.15) is 0 Å². The molecule has 1 aliphatic heterocycles. The first-order valence-corrected chi connectivity index (χ1v) is 8.59. The van der Waals surface area contributed by atoms with Crippen molar-refractivity contribution in [2.24, 2.45) is 0 Å². The van der Waals surface area contributed by atoms with Gasteiger partial charge in [-0.1, -0.05) is 17.7 Å².